The van der Waals surface area contributed by atoms with Crippen molar-refractivity contribution in [2.45, 2.75) is 36.9 Å². The Hall–Kier alpha value is -6.54. The molecule has 0 unspecified atom stereocenters. The molecular weight excluding hydrogens is 933 g/mol. The van der Waals surface area contributed by atoms with E-state index in [4.69, 9.17) is 11.6 Å². The summed E-state index contributed by atoms with van der Waals surface area (Å²) in [5, 5.41) is 8.09. The second-order valence-corrected chi connectivity index (χ2v) is 16.4. The van der Waals surface area contributed by atoms with Gasteiger partial charge in [-0.3, -0.25) is 14.4 Å². The highest BCUT2D eigenvalue weighted by molar-refractivity contribution is 8.45. The van der Waals surface area contributed by atoms with E-state index in [2.05, 4.69) is 16.0 Å². The fourth-order valence-corrected chi connectivity index (χ4v) is 5.92. The van der Waals surface area contributed by atoms with Gasteiger partial charge < -0.3 is 16.0 Å². The molecule has 6 aromatic rings. The number of carbonyl (C=O) groups is 3. The third-order valence-corrected chi connectivity index (χ3v) is 10.0. The topological polar surface area (TPSA) is 87.3 Å². The Labute approximate surface area is 367 Å². The van der Waals surface area contributed by atoms with Crippen LogP contribution >= 0.6 is 21.8 Å². The summed E-state index contributed by atoms with van der Waals surface area (Å²) in [6, 6.07) is 27.4. The molecule has 0 atom stereocenters. The molecule has 0 aromatic heterocycles. The van der Waals surface area contributed by atoms with E-state index in [1.165, 1.54) is 48.5 Å². The van der Waals surface area contributed by atoms with E-state index < -0.39 is 62.0 Å². The highest BCUT2D eigenvalue weighted by atomic mass is 35.5. The summed E-state index contributed by atoms with van der Waals surface area (Å²) in [4.78, 5) is 33.3. The summed E-state index contributed by atoms with van der Waals surface area (Å²) in [6.45, 7) is 0.0880. The van der Waals surface area contributed by atoms with Crippen LogP contribution < -0.4 is 16.0 Å². The minimum atomic E-state index is -9.69. The van der Waals surface area contributed by atoms with E-state index in [1.54, 1.807) is 24.3 Å². The van der Waals surface area contributed by atoms with E-state index >= 15 is 0 Å². The molecule has 0 aliphatic carbocycles. The van der Waals surface area contributed by atoms with Gasteiger partial charge in [0.05, 0.1) is 11.1 Å². The van der Waals surface area contributed by atoms with Gasteiger partial charge in [0.25, 0.3) is 17.7 Å². The van der Waals surface area contributed by atoms with E-state index in [0.29, 0.717) is 21.7 Å². The number of benzene rings is 6. The van der Waals surface area contributed by atoms with Crippen LogP contribution in [0.3, 0.4) is 0 Å². The number of rotatable bonds is 10. The summed E-state index contributed by atoms with van der Waals surface area (Å²) < 4.78 is 163. The van der Waals surface area contributed by atoms with Crippen molar-refractivity contribution in [3.63, 3.8) is 0 Å². The van der Waals surface area contributed by atoms with Gasteiger partial charge in [0, 0.05) is 41.3 Å². The van der Waals surface area contributed by atoms with Gasteiger partial charge in [0.2, 0.25) is 0 Å². The monoisotopic (exact) mass is 965 g/mol. The normalized spacial score (nSPS) is 12.5. The molecule has 6 aromatic carbocycles. The predicted molar refractivity (Wildman–Crippen MR) is 218 cm³/mol. The average Bonchev–Trinajstić information content (AvgIpc) is 3.24. The van der Waals surface area contributed by atoms with Crippen LogP contribution in [0.15, 0.2) is 150 Å². The Bertz CT molecular complexity index is 2430. The first-order valence-corrected chi connectivity index (χ1v) is 20.7. The van der Waals surface area contributed by atoms with Crippen molar-refractivity contribution in [2.75, 3.05) is 0 Å². The number of hydrogen-bond donors (Lipinski definition) is 3. The molecule has 0 aliphatic heterocycles. The van der Waals surface area contributed by atoms with E-state index in [1.807, 2.05) is 0 Å². The fourth-order valence-electron chi connectivity index (χ4n) is 5.14. The van der Waals surface area contributed by atoms with Crippen LogP contribution in [0.25, 0.3) is 0 Å². The van der Waals surface area contributed by atoms with Crippen LogP contribution in [0.5, 0.6) is 0 Å². The first-order valence-electron chi connectivity index (χ1n) is 18.3. The average molecular weight is 966 g/mol. The van der Waals surface area contributed by atoms with Crippen LogP contribution in [-0.2, 0) is 32.0 Å². The molecule has 6 rings (SSSR count). The van der Waals surface area contributed by atoms with Gasteiger partial charge in [-0.15, -0.1) is 0 Å². The Morgan fingerprint density at radius 2 is 0.677 bits per heavy atom. The van der Waals surface area contributed by atoms with Crippen LogP contribution in [-0.4, -0.2) is 17.7 Å². The molecule has 0 radical (unpaired) electrons. The maximum absolute atomic E-state index is 12.7. The molecule has 6 nitrogen and oxygen atoms in total. The molecule has 0 bridgehead atoms. The third-order valence-electron chi connectivity index (χ3n) is 8.61. The molecule has 3 amide bonds. The van der Waals surface area contributed by atoms with Crippen molar-refractivity contribution >= 4 is 39.5 Å². The molecule has 65 heavy (non-hydrogen) atoms. The molecule has 3 N–H and O–H groups in total. The quantitative estimate of drug-likeness (QED) is 0.120. The molecule has 0 saturated carbocycles. The van der Waals surface area contributed by atoms with Gasteiger partial charge in [0.15, 0.2) is 0 Å². The lowest BCUT2D eigenvalue weighted by molar-refractivity contribution is -0.138. The van der Waals surface area contributed by atoms with Gasteiger partial charge in [-0.05, 0) is 126 Å². The van der Waals surface area contributed by atoms with Crippen LogP contribution in [0.2, 0.25) is 5.02 Å². The minimum absolute atomic E-state index is 0.0916. The van der Waals surface area contributed by atoms with Crippen molar-refractivity contribution in [2.24, 2.45) is 0 Å². The highest BCUT2D eigenvalue weighted by Crippen LogP contribution is 3.02. The molecule has 0 heterocycles. The maximum Gasteiger partial charge on any atom is 0.416 e. The smallest absolute Gasteiger partial charge is 0.348 e. The highest BCUT2D eigenvalue weighted by Gasteiger charge is 2.65. The van der Waals surface area contributed by atoms with Crippen molar-refractivity contribution in [1.82, 2.24) is 16.0 Å². The number of amides is 3. The molecule has 0 spiro atoms. The minimum Gasteiger partial charge on any atom is -0.348 e. The number of carbonyl (C=O) groups excluding carboxylic acids is 3. The van der Waals surface area contributed by atoms with Crippen LogP contribution in [0.4, 0.5) is 54.6 Å². The molecule has 0 saturated heterocycles. The lowest BCUT2D eigenvalue weighted by Gasteiger charge is -2.40. The summed E-state index contributed by atoms with van der Waals surface area (Å²) in [5.74, 6) is -2.27. The van der Waals surface area contributed by atoms with Gasteiger partial charge in [-0.25, -0.2) is 8.78 Å². The van der Waals surface area contributed by atoms with E-state index in [9.17, 15) is 68.9 Å². The molecule has 346 valence electrons. The standard InChI is InChI=1S/C15H11ClF3NO.C15H11F4NO.C14H11F6NOS/c2*16-13-7-3-11(4-8-13)14(21)20-9-10-1-5-12(6-2-10)15(17,18)19;15-12-5-3-11(4-6-12)14(22)21-9-10-1-7-13(8-2-10)23(16,17,18,19)20/h2*1-8H,9H2,(H,20,21);1-8H,9H2,(H,21,22). The number of halogens is 14. The number of nitrogens with one attached hydrogen (secondary N) is 3. The van der Waals surface area contributed by atoms with Crippen LogP contribution in [0, 0.1) is 11.6 Å². The van der Waals surface area contributed by atoms with E-state index in [-0.39, 0.29) is 54.4 Å². The largest absolute Gasteiger partial charge is 0.416 e. The first-order chi connectivity index (χ1) is 30.1. The van der Waals surface area contributed by atoms with Gasteiger partial charge in [-0.2, -0.15) is 26.3 Å². The Morgan fingerprint density at radius 3 is 0.938 bits per heavy atom. The maximum atomic E-state index is 12.7. The zero-order valence-electron chi connectivity index (χ0n) is 32.9. The summed E-state index contributed by atoms with van der Waals surface area (Å²) in [6.07, 6.45) is -8.74. The van der Waals surface area contributed by atoms with Crippen LogP contribution in [0.1, 0.15) is 58.9 Å². The zero-order chi connectivity index (χ0) is 48.3. The summed E-state index contributed by atoms with van der Waals surface area (Å²) in [5.41, 5.74) is 0.769. The zero-order valence-corrected chi connectivity index (χ0v) is 34.5. The van der Waals surface area contributed by atoms with E-state index in [0.717, 1.165) is 60.7 Å². The van der Waals surface area contributed by atoms with Crippen molar-refractivity contribution < 1.29 is 68.9 Å². The fraction of sp³-hybridized carbons (Fsp3) is 0.114. The van der Waals surface area contributed by atoms with Gasteiger partial charge in [-0.1, -0.05) is 67.4 Å². The summed E-state index contributed by atoms with van der Waals surface area (Å²) in [7, 11) is -9.69. The number of alkyl halides is 6. The Kier molecular flexibility index (Phi) is 15.8. The lowest BCUT2D eigenvalue weighted by atomic mass is 10.1. The van der Waals surface area contributed by atoms with Crippen molar-refractivity contribution in [1.29, 1.82) is 0 Å². The third kappa shape index (κ3) is 16.8. The summed E-state index contributed by atoms with van der Waals surface area (Å²) >= 11 is 5.72. The molecular formula is C44H33ClF13N3O3S. The lowest BCUT2D eigenvalue weighted by Crippen LogP contribution is -2.22. The second-order valence-electron chi connectivity index (χ2n) is 13.6. The molecule has 21 heteroatoms. The first kappa shape index (κ1) is 51.1. The number of hydrogen-bond acceptors (Lipinski definition) is 3. The predicted octanol–water partition coefficient (Wildman–Crippen LogP) is 13.5. The molecule has 0 fully saturated rings. The van der Waals surface area contributed by atoms with Gasteiger partial charge in [0.1, 0.15) is 16.5 Å². The second kappa shape index (κ2) is 20.1. The Morgan fingerprint density at radius 1 is 0.415 bits per heavy atom. The van der Waals surface area contributed by atoms with Crippen molar-refractivity contribution in [3.05, 3.63) is 207 Å². The Balaban J connectivity index is 0.000000214. The van der Waals surface area contributed by atoms with Gasteiger partial charge >= 0.3 is 22.6 Å². The van der Waals surface area contributed by atoms with Crippen molar-refractivity contribution in [3.8, 4) is 0 Å². The molecule has 0 aliphatic rings. The SMILES string of the molecule is O=C(NCc1ccc(C(F)(F)F)cc1)c1ccc(Cl)cc1.O=C(NCc1ccc(C(F)(F)F)cc1)c1ccc(F)cc1.O=C(NCc1ccc(S(F)(F)(F)(F)F)cc1)c1ccc(F)cc1.